The number of alkyl halides is 2. The molecule has 2 saturated carbocycles. The monoisotopic (exact) mass is 568 g/mol. The van der Waals surface area contributed by atoms with Crippen LogP contribution < -0.4 is 10.5 Å². The van der Waals surface area contributed by atoms with Crippen LogP contribution in [0.2, 0.25) is 25.7 Å². The average Bonchev–Trinajstić information content (AvgIpc) is 3.51. The van der Waals surface area contributed by atoms with Crippen molar-refractivity contribution >= 4 is 30.5 Å². The van der Waals surface area contributed by atoms with Crippen molar-refractivity contribution in [1.82, 2.24) is 14.3 Å². The van der Waals surface area contributed by atoms with Crippen LogP contribution in [0.25, 0.3) is 11.0 Å². The second kappa shape index (κ2) is 11.4. The van der Waals surface area contributed by atoms with Gasteiger partial charge in [-0.3, -0.25) is 0 Å². The number of nitrogens with two attached hydrogens (primary N) is 1. The molecule has 2 aliphatic rings. The van der Waals surface area contributed by atoms with Crippen LogP contribution in [-0.4, -0.2) is 39.5 Å². The summed E-state index contributed by atoms with van der Waals surface area (Å²) in [5, 5.41) is 0. The number of ether oxygens (including phenoxy) is 1. The van der Waals surface area contributed by atoms with Crippen LogP contribution in [-0.2, 0) is 22.8 Å². The Hall–Kier alpha value is -1.04. The highest BCUT2D eigenvalue weighted by molar-refractivity contribution is 7.90. The molecule has 6 nitrogen and oxygen atoms in total. The SMILES string of the molecule is CC(C)(C)[S@@+]([O-])NC(C[C@H]1CCC(F)(F)C1)c1nc2ccc(C(N)C3CC3)cc2n1COCC[Si](C)(C)C. The Balaban J connectivity index is 1.69. The zero-order chi connectivity index (χ0) is 27.9. The normalized spacial score (nSPS) is 22.6. The lowest BCUT2D eigenvalue weighted by atomic mass is 9.98. The highest BCUT2D eigenvalue weighted by Gasteiger charge is 2.42. The number of aromatic nitrogens is 2. The Kier molecular flexibility index (Phi) is 9.01. The fraction of sp³-hybridized carbons (Fsp3) is 0.750. The van der Waals surface area contributed by atoms with Crippen molar-refractivity contribution in [3.8, 4) is 0 Å². The summed E-state index contributed by atoms with van der Waals surface area (Å²) in [5.41, 5.74) is 9.36. The number of imidazole rings is 1. The van der Waals surface area contributed by atoms with Gasteiger partial charge in [-0.1, -0.05) is 25.7 Å². The molecule has 3 N–H and O–H groups in total. The van der Waals surface area contributed by atoms with Gasteiger partial charge in [-0.25, -0.2) is 13.8 Å². The molecule has 0 aliphatic heterocycles. The first-order valence-corrected chi connectivity index (χ1v) is 18.9. The fourth-order valence-electron chi connectivity index (χ4n) is 5.12. The van der Waals surface area contributed by atoms with Gasteiger partial charge < -0.3 is 19.6 Å². The summed E-state index contributed by atoms with van der Waals surface area (Å²) in [4.78, 5) is 4.98. The Morgan fingerprint density at radius 2 is 1.97 bits per heavy atom. The molecule has 0 amide bonds. The van der Waals surface area contributed by atoms with Gasteiger partial charge >= 0.3 is 0 Å². The van der Waals surface area contributed by atoms with Crippen LogP contribution in [0.5, 0.6) is 0 Å². The summed E-state index contributed by atoms with van der Waals surface area (Å²) in [5.74, 6) is -1.59. The first-order chi connectivity index (χ1) is 17.6. The van der Waals surface area contributed by atoms with Crippen LogP contribution in [0.15, 0.2) is 18.2 Å². The number of fused-ring (bicyclic) bond motifs is 1. The number of halogens is 2. The molecule has 2 fully saturated rings. The van der Waals surface area contributed by atoms with Crippen molar-refractivity contribution in [2.24, 2.45) is 17.6 Å². The lowest BCUT2D eigenvalue weighted by Crippen LogP contribution is -2.42. The highest BCUT2D eigenvalue weighted by Crippen LogP contribution is 2.43. The largest absolute Gasteiger partial charge is 0.598 e. The van der Waals surface area contributed by atoms with Crippen molar-refractivity contribution < 1.29 is 18.1 Å². The Bertz CT molecular complexity index is 1100. The van der Waals surface area contributed by atoms with Crippen LogP contribution in [0.4, 0.5) is 8.78 Å². The van der Waals surface area contributed by atoms with Crippen LogP contribution in [0.1, 0.15) is 82.8 Å². The van der Waals surface area contributed by atoms with E-state index in [9.17, 15) is 13.3 Å². The zero-order valence-electron chi connectivity index (χ0n) is 23.9. The number of hydrogen-bond donors (Lipinski definition) is 2. The topological polar surface area (TPSA) is 88.2 Å². The smallest absolute Gasteiger partial charge is 0.248 e. The third kappa shape index (κ3) is 7.78. The van der Waals surface area contributed by atoms with Gasteiger partial charge in [0.25, 0.3) is 0 Å². The maximum absolute atomic E-state index is 14.1. The van der Waals surface area contributed by atoms with Gasteiger partial charge in [0.15, 0.2) is 0 Å². The molecule has 214 valence electrons. The van der Waals surface area contributed by atoms with Crippen molar-refractivity contribution in [2.45, 2.75) is 114 Å². The van der Waals surface area contributed by atoms with Crippen LogP contribution in [0, 0.1) is 11.8 Å². The van der Waals surface area contributed by atoms with Crippen molar-refractivity contribution in [3.05, 3.63) is 29.6 Å². The second-order valence-electron chi connectivity index (χ2n) is 13.6. The first-order valence-electron chi connectivity index (χ1n) is 14.0. The van der Waals surface area contributed by atoms with Gasteiger partial charge in [0.2, 0.25) is 5.92 Å². The quantitative estimate of drug-likeness (QED) is 0.169. The van der Waals surface area contributed by atoms with E-state index in [4.69, 9.17) is 15.5 Å². The molecule has 10 heteroatoms. The van der Waals surface area contributed by atoms with Gasteiger partial charge in [0.1, 0.15) is 23.3 Å². The van der Waals surface area contributed by atoms with E-state index in [0.717, 1.165) is 35.5 Å². The average molecular weight is 569 g/mol. The number of benzene rings is 1. The molecule has 1 aromatic heterocycles. The van der Waals surface area contributed by atoms with Crippen LogP contribution in [0.3, 0.4) is 0 Å². The Morgan fingerprint density at radius 1 is 1.26 bits per heavy atom. The van der Waals surface area contributed by atoms with E-state index in [1.807, 2.05) is 37.5 Å². The van der Waals surface area contributed by atoms with Crippen molar-refractivity contribution in [1.29, 1.82) is 0 Å². The molecule has 4 rings (SSSR count). The van der Waals surface area contributed by atoms with Crippen LogP contribution >= 0.6 is 0 Å². The van der Waals surface area contributed by atoms with E-state index in [2.05, 4.69) is 30.4 Å². The minimum Gasteiger partial charge on any atom is -0.598 e. The molecule has 1 aromatic carbocycles. The molecule has 1 heterocycles. The fourth-order valence-corrected chi connectivity index (χ4v) is 6.69. The van der Waals surface area contributed by atoms with E-state index in [-0.39, 0.29) is 24.8 Å². The second-order valence-corrected chi connectivity index (χ2v) is 21.2. The molecular formula is C28H46F2N4O2SSi. The van der Waals surface area contributed by atoms with Gasteiger partial charge in [-0.05, 0) is 82.0 Å². The number of hydrogen-bond acceptors (Lipinski definition) is 5. The summed E-state index contributed by atoms with van der Waals surface area (Å²) < 4.78 is 52.5. The van der Waals surface area contributed by atoms with E-state index < -0.39 is 36.1 Å². The summed E-state index contributed by atoms with van der Waals surface area (Å²) in [6, 6.07) is 6.74. The molecule has 2 aliphatic carbocycles. The Morgan fingerprint density at radius 3 is 2.55 bits per heavy atom. The van der Waals surface area contributed by atoms with Crippen molar-refractivity contribution in [3.63, 3.8) is 0 Å². The third-order valence-corrected chi connectivity index (χ3v) is 11.0. The molecule has 0 radical (unpaired) electrons. The van der Waals surface area contributed by atoms with Gasteiger partial charge in [0, 0.05) is 44.9 Å². The van der Waals surface area contributed by atoms with E-state index >= 15 is 0 Å². The molecule has 0 spiro atoms. The third-order valence-electron chi connectivity index (χ3n) is 7.73. The first kappa shape index (κ1) is 29.9. The molecule has 0 bridgehead atoms. The minimum atomic E-state index is -2.63. The molecule has 0 saturated heterocycles. The summed E-state index contributed by atoms with van der Waals surface area (Å²) in [6.45, 7) is 13.6. The minimum absolute atomic E-state index is 0.0120. The maximum Gasteiger partial charge on any atom is 0.248 e. The Labute approximate surface area is 230 Å². The van der Waals surface area contributed by atoms with Crippen molar-refractivity contribution in [2.75, 3.05) is 6.61 Å². The molecule has 4 atom stereocenters. The predicted molar refractivity (Wildman–Crippen MR) is 154 cm³/mol. The summed E-state index contributed by atoms with van der Waals surface area (Å²) in [6.07, 6.45) is 2.98. The zero-order valence-corrected chi connectivity index (χ0v) is 25.7. The highest BCUT2D eigenvalue weighted by atomic mass is 32.2. The summed E-state index contributed by atoms with van der Waals surface area (Å²) >= 11 is -1.39. The lowest BCUT2D eigenvalue weighted by molar-refractivity contribution is 0.00429. The van der Waals surface area contributed by atoms with Gasteiger partial charge in [-0.2, -0.15) is 0 Å². The maximum atomic E-state index is 14.1. The number of rotatable bonds is 12. The number of nitrogens with zero attached hydrogens (tertiary/aromatic N) is 2. The lowest BCUT2D eigenvalue weighted by Gasteiger charge is -2.29. The number of nitrogens with one attached hydrogen (secondary N) is 1. The molecular weight excluding hydrogens is 522 g/mol. The predicted octanol–water partition coefficient (Wildman–Crippen LogP) is 6.68. The summed E-state index contributed by atoms with van der Waals surface area (Å²) in [7, 11) is -1.27. The van der Waals surface area contributed by atoms with Gasteiger partial charge in [0.05, 0.1) is 11.0 Å². The molecule has 2 unspecified atom stereocenters. The van der Waals surface area contributed by atoms with Gasteiger partial charge in [-0.15, -0.1) is 4.72 Å². The van der Waals surface area contributed by atoms with E-state index in [1.165, 1.54) is 0 Å². The van der Waals surface area contributed by atoms with E-state index in [0.29, 0.717) is 37.9 Å². The molecule has 2 aromatic rings. The van der Waals surface area contributed by atoms with E-state index in [1.54, 1.807) is 0 Å². The molecule has 38 heavy (non-hydrogen) atoms. The standard InChI is InChI=1S/C28H46F2N4O2SSi/c1-27(2,3)37(35)33-23(15-19-11-12-28(29,30)17-19)26-32-22-10-9-21(25(31)20-7-8-20)16-24(22)34(26)18-36-13-14-38(4,5)6/h9-10,16,19-20,23,25,33H,7-8,11-15,17-18,31H2,1-6H3/t19-,23?,25?,37-/m1/s1.